The quantitative estimate of drug-likeness (QED) is 0.628. The molecule has 0 aromatic heterocycles. The van der Waals surface area contributed by atoms with Crippen molar-refractivity contribution in [2.24, 2.45) is 5.41 Å². The van der Waals surface area contributed by atoms with Crippen molar-refractivity contribution < 1.29 is 23.9 Å². The Bertz CT molecular complexity index is 561. The molecule has 0 bridgehead atoms. The van der Waals surface area contributed by atoms with E-state index >= 15 is 0 Å². The lowest BCUT2D eigenvalue weighted by atomic mass is 9.81. The van der Waals surface area contributed by atoms with Crippen LogP contribution in [0.15, 0.2) is 30.3 Å². The number of Topliss-reactive ketones (excluding diaryl/α,β-unsaturated/α-hetero) is 1. The van der Waals surface area contributed by atoms with Crippen molar-refractivity contribution in [2.75, 3.05) is 20.2 Å². The number of carbonyl (C=O) groups is 3. The molecule has 1 aliphatic rings. The second kappa shape index (κ2) is 6.60. The van der Waals surface area contributed by atoms with E-state index in [1.54, 1.807) is 0 Å². The third kappa shape index (κ3) is 3.27. The highest BCUT2D eigenvalue weighted by molar-refractivity contribution is 6.04. The molecule has 1 saturated heterocycles. The predicted molar refractivity (Wildman–Crippen MR) is 77.9 cm³/mol. The van der Waals surface area contributed by atoms with E-state index in [2.05, 4.69) is 4.74 Å². The Morgan fingerprint density at radius 3 is 2.59 bits per heavy atom. The molecule has 2 rings (SSSR count). The third-order valence-corrected chi connectivity index (χ3v) is 3.83. The second-order valence-corrected chi connectivity index (χ2v) is 5.46. The Morgan fingerprint density at radius 1 is 1.27 bits per heavy atom. The van der Waals surface area contributed by atoms with Crippen LogP contribution in [0.4, 0.5) is 4.79 Å². The molecule has 0 spiro atoms. The SMILES string of the molecule is COC(=O)C1(C)CN(C(=O)OCc2ccccc2)CCC1=O. The molecule has 1 aromatic rings. The van der Waals surface area contributed by atoms with E-state index in [9.17, 15) is 14.4 Å². The summed E-state index contributed by atoms with van der Waals surface area (Å²) in [7, 11) is 1.23. The Hall–Kier alpha value is -2.37. The van der Waals surface area contributed by atoms with Gasteiger partial charge in [0.2, 0.25) is 0 Å². The number of hydrogen-bond acceptors (Lipinski definition) is 5. The van der Waals surface area contributed by atoms with Crippen LogP contribution in [0.2, 0.25) is 0 Å². The highest BCUT2D eigenvalue weighted by Gasteiger charge is 2.47. The standard InChI is InChI=1S/C16H19NO5/c1-16(14(19)21-2)11-17(9-8-13(16)18)15(20)22-10-12-6-4-3-5-7-12/h3-7H,8-11H2,1-2H3. The van der Waals surface area contributed by atoms with E-state index < -0.39 is 17.5 Å². The van der Waals surface area contributed by atoms with Gasteiger partial charge in [-0.15, -0.1) is 0 Å². The number of likely N-dealkylation sites (tertiary alicyclic amines) is 1. The van der Waals surface area contributed by atoms with Crippen molar-refractivity contribution in [3.05, 3.63) is 35.9 Å². The van der Waals surface area contributed by atoms with Crippen LogP contribution in [0.5, 0.6) is 0 Å². The van der Waals surface area contributed by atoms with Crippen LogP contribution in [-0.2, 0) is 25.7 Å². The molecular weight excluding hydrogens is 286 g/mol. The fourth-order valence-corrected chi connectivity index (χ4v) is 2.43. The minimum absolute atomic E-state index is 0.0217. The lowest BCUT2D eigenvalue weighted by molar-refractivity contribution is -0.159. The summed E-state index contributed by atoms with van der Waals surface area (Å²) in [5.41, 5.74) is -0.446. The van der Waals surface area contributed by atoms with Crippen LogP contribution >= 0.6 is 0 Å². The molecule has 6 nitrogen and oxygen atoms in total. The molecule has 1 fully saturated rings. The van der Waals surface area contributed by atoms with Crippen LogP contribution in [-0.4, -0.2) is 42.9 Å². The predicted octanol–water partition coefficient (Wildman–Crippen LogP) is 1.78. The number of carbonyl (C=O) groups excluding carboxylic acids is 3. The first-order chi connectivity index (χ1) is 10.5. The van der Waals surface area contributed by atoms with Crippen molar-refractivity contribution >= 4 is 17.8 Å². The van der Waals surface area contributed by atoms with Gasteiger partial charge in [-0.05, 0) is 12.5 Å². The van der Waals surface area contributed by atoms with Gasteiger partial charge in [-0.1, -0.05) is 30.3 Å². The number of rotatable bonds is 3. The topological polar surface area (TPSA) is 72.9 Å². The summed E-state index contributed by atoms with van der Waals surface area (Å²) in [5, 5.41) is 0. The van der Waals surface area contributed by atoms with Gasteiger partial charge in [0, 0.05) is 19.5 Å². The molecule has 1 aliphatic heterocycles. The van der Waals surface area contributed by atoms with Crippen molar-refractivity contribution in [1.82, 2.24) is 4.90 Å². The molecule has 22 heavy (non-hydrogen) atoms. The van der Waals surface area contributed by atoms with Crippen LogP contribution in [0.25, 0.3) is 0 Å². The molecule has 1 atom stereocenters. The molecule has 1 aromatic carbocycles. The summed E-state index contributed by atoms with van der Waals surface area (Å²) in [6, 6.07) is 9.30. The maximum absolute atomic E-state index is 12.1. The minimum atomic E-state index is -1.32. The first kappa shape index (κ1) is 16.0. The summed E-state index contributed by atoms with van der Waals surface area (Å²) in [4.78, 5) is 37.3. The minimum Gasteiger partial charge on any atom is -0.468 e. The number of methoxy groups -OCH3 is 1. The summed E-state index contributed by atoms with van der Waals surface area (Å²) in [6.07, 6.45) is -0.419. The first-order valence-electron chi connectivity index (χ1n) is 7.04. The molecule has 1 amide bonds. The maximum Gasteiger partial charge on any atom is 0.410 e. The zero-order valence-corrected chi connectivity index (χ0v) is 12.7. The number of ketones is 1. The van der Waals surface area contributed by atoms with Gasteiger partial charge in [-0.2, -0.15) is 0 Å². The van der Waals surface area contributed by atoms with Gasteiger partial charge in [0.1, 0.15) is 12.0 Å². The zero-order chi connectivity index (χ0) is 16.2. The average Bonchev–Trinajstić information content (AvgIpc) is 2.55. The van der Waals surface area contributed by atoms with Crippen LogP contribution in [0.1, 0.15) is 18.9 Å². The number of esters is 1. The van der Waals surface area contributed by atoms with Crippen molar-refractivity contribution in [2.45, 2.75) is 20.0 Å². The maximum atomic E-state index is 12.1. The molecular formula is C16H19NO5. The Labute approximate surface area is 129 Å². The van der Waals surface area contributed by atoms with E-state index in [-0.39, 0.29) is 31.9 Å². The fourth-order valence-electron chi connectivity index (χ4n) is 2.43. The normalized spacial score (nSPS) is 21.4. The van der Waals surface area contributed by atoms with Crippen LogP contribution in [0, 0.1) is 5.41 Å². The summed E-state index contributed by atoms with van der Waals surface area (Å²) >= 11 is 0. The molecule has 1 unspecified atom stereocenters. The van der Waals surface area contributed by atoms with Crippen LogP contribution < -0.4 is 0 Å². The smallest absolute Gasteiger partial charge is 0.410 e. The highest BCUT2D eigenvalue weighted by atomic mass is 16.6. The van der Waals surface area contributed by atoms with E-state index in [1.807, 2.05) is 30.3 Å². The zero-order valence-electron chi connectivity index (χ0n) is 12.7. The molecule has 1 heterocycles. The Balaban J connectivity index is 1.98. The molecule has 0 aliphatic carbocycles. The van der Waals surface area contributed by atoms with Gasteiger partial charge in [0.05, 0.1) is 7.11 Å². The summed E-state index contributed by atoms with van der Waals surface area (Å²) in [5.74, 6) is -0.843. The number of ether oxygens (including phenoxy) is 2. The van der Waals surface area contributed by atoms with E-state index in [0.29, 0.717) is 0 Å². The molecule has 0 saturated carbocycles. The van der Waals surface area contributed by atoms with Gasteiger partial charge >= 0.3 is 12.1 Å². The largest absolute Gasteiger partial charge is 0.468 e. The lowest BCUT2D eigenvalue weighted by Gasteiger charge is -2.36. The fraction of sp³-hybridized carbons (Fsp3) is 0.438. The number of benzene rings is 1. The second-order valence-electron chi connectivity index (χ2n) is 5.46. The third-order valence-electron chi connectivity index (χ3n) is 3.83. The Kier molecular flexibility index (Phi) is 4.80. The van der Waals surface area contributed by atoms with Crippen molar-refractivity contribution in [1.29, 1.82) is 0 Å². The van der Waals surface area contributed by atoms with Gasteiger partial charge < -0.3 is 14.4 Å². The van der Waals surface area contributed by atoms with E-state index in [1.165, 1.54) is 18.9 Å². The molecule has 0 radical (unpaired) electrons. The van der Waals surface area contributed by atoms with E-state index in [4.69, 9.17) is 4.74 Å². The monoisotopic (exact) mass is 305 g/mol. The van der Waals surface area contributed by atoms with Crippen molar-refractivity contribution in [3.8, 4) is 0 Å². The highest BCUT2D eigenvalue weighted by Crippen LogP contribution is 2.28. The number of hydrogen-bond donors (Lipinski definition) is 0. The van der Waals surface area contributed by atoms with Gasteiger partial charge in [-0.3, -0.25) is 9.59 Å². The molecule has 6 heteroatoms. The molecule has 118 valence electrons. The first-order valence-corrected chi connectivity index (χ1v) is 7.04. The molecule has 0 N–H and O–H groups in total. The van der Waals surface area contributed by atoms with Gasteiger partial charge in [0.25, 0.3) is 0 Å². The Morgan fingerprint density at radius 2 is 1.95 bits per heavy atom. The van der Waals surface area contributed by atoms with Gasteiger partial charge in [0.15, 0.2) is 5.78 Å². The number of amides is 1. The number of nitrogens with zero attached hydrogens (tertiary/aromatic N) is 1. The van der Waals surface area contributed by atoms with Crippen LogP contribution in [0.3, 0.4) is 0 Å². The van der Waals surface area contributed by atoms with Gasteiger partial charge in [-0.25, -0.2) is 4.79 Å². The number of piperidine rings is 1. The van der Waals surface area contributed by atoms with Crippen molar-refractivity contribution in [3.63, 3.8) is 0 Å². The average molecular weight is 305 g/mol. The lowest BCUT2D eigenvalue weighted by Crippen LogP contribution is -2.54. The summed E-state index contributed by atoms with van der Waals surface area (Å²) in [6.45, 7) is 1.88. The summed E-state index contributed by atoms with van der Waals surface area (Å²) < 4.78 is 9.92. The van der Waals surface area contributed by atoms with E-state index in [0.717, 1.165) is 5.56 Å².